The number of aromatic nitrogens is 1. The van der Waals surface area contributed by atoms with Gasteiger partial charge in [-0.2, -0.15) is 8.42 Å². The first-order valence-corrected chi connectivity index (χ1v) is 7.33. The number of nitrogens with one attached hydrogen (secondary N) is 1. The van der Waals surface area contributed by atoms with E-state index in [1.165, 1.54) is 12.3 Å². The van der Waals surface area contributed by atoms with Gasteiger partial charge in [-0.1, -0.05) is 12.1 Å². The summed E-state index contributed by atoms with van der Waals surface area (Å²) in [5, 5.41) is -0.633. The van der Waals surface area contributed by atoms with E-state index in [0.717, 1.165) is 11.6 Å². The summed E-state index contributed by atoms with van der Waals surface area (Å²) in [6.07, 6.45) is 1.22. The molecule has 0 atom stereocenters. The molecule has 1 aromatic carbocycles. The number of rotatable bonds is 4. The van der Waals surface area contributed by atoms with Gasteiger partial charge in [-0.25, -0.2) is 9.37 Å². The maximum atomic E-state index is 13.4. The molecule has 0 unspecified atom stereocenters. The second kappa shape index (κ2) is 5.54. The Bertz CT molecular complexity index is 692. The maximum Gasteiger partial charge on any atom is 0.282 e. The van der Waals surface area contributed by atoms with Crippen LogP contribution in [0.1, 0.15) is 5.56 Å². The van der Waals surface area contributed by atoms with Gasteiger partial charge in [-0.3, -0.25) is 4.72 Å². The monoisotopic (exact) mass is 300 g/mol. The highest BCUT2D eigenvalue weighted by atomic mass is 35.5. The number of alkyl halides is 1. The number of nitrogens with zero attached hydrogens (tertiary/aromatic N) is 1. The number of hydrogen-bond acceptors (Lipinski definition) is 3. The molecule has 7 heteroatoms. The maximum absolute atomic E-state index is 13.4. The predicted octanol–water partition coefficient (Wildman–Crippen LogP) is 2.76. The Hall–Kier alpha value is -1.66. The van der Waals surface area contributed by atoms with Crippen LogP contribution in [-0.4, -0.2) is 13.4 Å². The Morgan fingerprint density at radius 2 is 2.05 bits per heavy atom. The molecule has 0 amide bonds. The van der Waals surface area contributed by atoms with E-state index in [4.69, 9.17) is 11.6 Å². The smallest absolute Gasteiger partial charge is 0.278 e. The van der Waals surface area contributed by atoms with Gasteiger partial charge in [0.2, 0.25) is 5.03 Å². The van der Waals surface area contributed by atoms with Crippen LogP contribution in [-0.2, 0) is 15.9 Å². The molecule has 0 aliphatic rings. The standard InChI is InChI=1S/C12H10ClFN2O2S/c13-8-9-3-1-4-10(7-9)16-19(17,18)12-11(14)5-2-6-15-12/h1-7,16H,8H2. The average molecular weight is 301 g/mol. The van der Waals surface area contributed by atoms with Crippen LogP contribution in [0.4, 0.5) is 10.1 Å². The largest absolute Gasteiger partial charge is 0.282 e. The minimum absolute atomic E-state index is 0.257. The van der Waals surface area contributed by atoms with Crippen molar-refractivity contribution in [1.82, 2.24) is 4.98 Å². The third-order valence-corrected chi connectivity index (χ3v) is 3.94. The van der Waals surface area contributed by atoms with Gasteiger partial charge in [0.15, 0.2) is 5.82 Å². The number of benzene rings is 1. The summed E-state index contributed by atoms with van der Waals surface area (Å²) in [7, 11) is -4.05. The lowest BCUT2D eigenvalue weighted by Crippen LogP contribution is -2.16. The summed E-state index contributed by atoms with van der Waals surface area (Å²) >= 11 is 5.66. The van der Waals surface area contributed by atoms with Gasteiger partial charge in [0, 0.05) is 17.8 Å². The number of halogens is 2. The van der Waals surface area contributed by atoms with Crippen molar-refractivity contribution in [2.24, 2.45) is 0 Å². The third-order valence-electron chi connectivity index (χ3n) is 2.31. The normalized spacial score (nSPS) is 11.3. The van der Waals surface area contributed by atoms with Crippen LogP contribution in [0, 0.1) is 5.82 Å². The molecule has 0 aliphatic carbocycles. The fourth-order valence-corrected chi connectivity index (χ4v) is 2.71. The van der Waals surface area contributed by atoms with Crippen LogP contribution >= 0.6 is 11.6 Å². The third kappa shape index (κ3) is 3.21. The first kappa shape index (κ1) is 13.8. The fraction of sp³-hybridized carbons (Fsp3) is 0.0833. The van der Waals surface area contributed by atoms with E-state index in [1.54, 1.807) is 24.3 Å². The highest BCUT2D eigenvalue weighted by Gasteiger charge is 2.20. The summed E-state index contributed by atoms with van der Waals surface area (Å²) < 4.78 is 39.6. The molecule has 0 saturated carbocycles. The van der Waals surface area contributed by atoms with Crippen molar-refractivity contribution < 1.29 is 12.8 Å². The second-order valence-electron chi connectivity index (χ2n) is 3.73. The summed E-state index contributed by atoms with van der Waals surface area (Å²) in [6, 6.07) is 8.90. The van der Waals surface area contributed by atoms with Gasteiger partial charge in [-0.15, -0.1) is 11.6 Å². The summed E-state index contributed by atoms with van der Waals surface area (Å²) in [4.78, 5) is 3.54. The van der Waals surface area contributed by atoms with E-state index >= 15 is 0 Å². The molecular formula is C12H10ClFN2O2S. The van der Waals surface area contributed by atoms with Crippen molar-refractivity contribution in [3.63, 3.8) is 0 Å². The highest BCUT2D eigenvalue weighted by molar-refractivity contribution is 7.92. The Kier molecular flexibility index (Phi) is 4.01. The zero-order valence-corrected chi connectivity index (χ0v) is 11.2. The Balaban J connectivity index is 2.34. The molecule has 1 heterocycles. The zero-order chi connectivity index (χ0) is 13.9. The number of hydrogen-bond donors (Lipinski definition) is 1. The van der Waals surface area contributed by atoms with Gasteiger partial charge < -0.3 is 0 Å². The van der Waals surface area contributed by atoms with Crippen LogP contribution in [0.3, 0.4) is 0 Å². The zero-order valence-electron chi connectivity index (χ0n) is 9.68. The average Bonchev–Trinajstić information content (AvgIpc) is 2.38. The molecular weight excluding hydrogens is 291 g/mol. The lowest BCUT2D eigenvalue weighted by atomic mass is 10.2. The predicted molar refractivity (Wildman–Crippen MR) is 71.0 cm³/mol. The summed E-state index contributed by atoms with van der Waals surface area (Å²) in [6.45, 7) is 0. The molecule has 0 spiro atoms. The Morgan fingerprint density at radius 3 is 2.74 bits per heavy atom. The molecule has 0 radical (unpaired) electrons. The van der Waals surface area contributed by atoms with Gasteiger partial charge in [0.05, 0.1) is 0 Å². The molecule has 1 N–H and O–H groups in total. The van der Waals surface area contributed by atoms with Crippen LogP contribution in [0.25, 0.3) is 0 Å². The van der Waals surface area contributed by atoms with Crippen molar-refractivity contribution in [2.45, 2.75) is 10.9 Å². The van der Waals surface area contributed by atoms with E-state index in [9.17, 15) is 12.8 Å². The van der Waals surface area contributed by atoms with Crippen LogP contribution in [0.15, 0.2) is 47.6 Å². The van der Waals surface area contributed by atoms with Crippen LogP contribution in [0.2, 0.25) is 0 Å². The molecule has 4 nitrogen and oxygen atoms in total. The first-order valence-electron chi connectivity index (χ1n) is 5.31. The van der Waals surface area contributed by atoms with Crippen molar-refractivity contribution in [3.8, 4) is 0 Å². The quantitative estimate of drug-likeness (QED) is 0.883. The molecule has 100 valence electrons. The second-order valence-corrected chi connectivity index (χ2v) is 5.59. The van der Waals surface area contributed by atoms with E-state index in [1.807, 2.05) is 0 Å². The number of sulfonamides is 1. The Morgan fingerprint density at radius 1 is 1.26 bits per heavy atom. The van der Waals surface area contributed by atoms with Crippen molar-refractivity contribution in [1.29, 1.82) is 0 Å². The summed E-state index contributed by atoms with van der Waals surface area (Å²) in [5.74, 6) is -0.642. The van der Waals surface area contributed by atoms with Gasteiger partial charge in [-0.05, 0) is 29.8 Å². The van der Waals surface area contributed by atoms with E-state index in [2.05, 4.69) is 9.71 Å². The molecule has 0 aliphatic heterocycles. The number of pyridine rings is 1. The first-order chi connectivity index (χ1) is 9.03. The van der Waals surface area contributed by atoms with E-state index in [0.29, 0.717) is 5.69 Å². The summed E-state index contributed by atoms with van der Waals surface area (Å²) in [5.41, 5.74) is 1.06. The van der Waals surface area contributed by atoms with Crippen molar-refractivity contribution >= 4 is 27.3 Å². The SMILES string of the molecule is O=S(=O)(Nc1cccc(CCl)c1)c1ncccc1F. The van der Waals surface area contributed by atoms with Gasteiger partial charge in [0.25, 0.3) is 10.0 Å². The topological polar surface area (TPSA) is 59.1 Å². The lowest BCUT2D eigenvalue weighted by Gasteiger charge is -2.08. The molecule has 2 aromatic rings. The van der Waals surface area contributed by atoms with Crippen molar-refractivity contribution in [2.75, 3.05) is 4.72 Å². The highest BCUT2D eigenvalue weighted by Crippen LogP contribution is 2.18. The van der Waals surface area contributed by atoms with Gasteiger partial charge in [0.1, 0.15) is 0 Å². The fourth-order valence-electron chi connectivity index (χ4n) is 1.49. The van der Waals surface area contributed by atoms with Crippen LogP contribution < -0.4 is 4.72 Å². The molecule has 19 heavy (non-hydrogen) atoms. The van der Waals surface area contributed by atoms with E-state index in [-0.39, 0.29) is 5.88 Å². The lowest BCUT2D eigenvalue weighted by molar-refractivity contribution is 0.557. The number of anilines is 1. The van der Waals surface area contributed by atoms with Gasteiger partial charge >= 0.3 is 0 Å². The van der Waals surface area contributed by atoms with Crippen LogP contribution in [0.5, 0.6) is 0 Å². The minimum Gasteiger partial charge on any atom is -0.278 e. The molecule has 0 saturated heterocycles. The molecule has 2 rings (SSSR count). The Labute approximate surface area is 115 Å². The van der Waals surface area contributed by atoms with E-state index < -0.39 is 20.9 Å². The molecule has 1 aromatic heterocycles. The minimum atomic E-state index is -4.05. The molecule has 0 fully saturated rings. The molecule has 0 bridgehead atoms. The van der Waals surface area contributed by atoms with Crippen molar-refractivity contribution in [3.05, 3.63) is 54.0 Å².